The van der Waals surface area contributed by atoms with Crippen LogP contribution in [-0.4, -0.2) is 61.8 Å². The van der Waals surface area contributed by atoms with Crippen molar-refractivity contribution in [2.45, 2.75) is 25.7 Å². The number of aromatic nitrogens is 3. The molecule has 33 heavy (non-hydrogen) atoms. The number of hydrogen-bond donors (Lipinski definition) is 3. The van der Waals surface area contributed by atoms with E-state index in [9.17, 15) is 27.9 Å². The van der Waals surface area contributed by atoms with Gasteiger partial charge in [-0.3, -0.25) is 9.59 Å². The third-order valence-corrected chi connectivity index (χ3v) is 5.39. The SMILES string of the molecule is C[C@H](CO)NC(=O)c1c(N)nn2ccc(-c3cc(Cl)c4c(c3)CN(CC(F)(F)F)C4=O)nc12. The molecule has 1 aromatic carbocycles. The molecule has 174 valence electrons. The van der Waals surface area contributed by atoms with Gasteiger partial charge in [-0.1, -0.05) is 11.6 Å². The van der Waals surface area contributed by atoms with Gasteiger partial charge in [0.05, 0.1) is 22.9 Å². The van der Waals surface area contributed by atoms with Gasteiger partial charge in [0.15, 0.2) is 11.5 Å². The summed E-state index contributed by atoms with van der Waals surface area (Å²) in [6, 6.07) is 4.02. The van der Waals surface area contributed by atoms with Crippen LogP contribution < -0.4 is 11.1 Å². The number of alkyl halides is 3. The van der Waals surface area contributed by atoms with Crippen LogP contribution in [0.2, 0.25) is 5.02 Å². The van der Waals surface area contributed by atoms with Crippen LogP contribution in [0, 0.1) is 0 Å². The van der Waals surface area contributed by atoms with E-state index < -0.39 is 30.6 Å². The van der Waals surface area contributed by atoms with E-state index in [1.807, 2.05) is 0 Å². The molecule has 9 nitrogen and oxygen atoms in total. The first-order valence-corrected chi connectivity index (χ1v) is 10.1. The van der Waals surface area contributed by atoms with Gasteiger partial charge in [0.25, 0.3) is 11.8 Å². The van der Waals surface area contributed by atoms with Crippen molar-refractivity contribution in [1.29, 1.82) is 0 Å². The topological polar surface area (TPSA) is 126 Å². The van der Waals surface area contributed by atoms with Gasteiger partial charge in [0.1, 0.15) is 12.1 Å². The number of fused-ring (bicyclic) bond motifs is 2. The van der Waals surface area contributed by atoms with Crippen LogP contribution in [-0.2, 0) is 6.54 Å². The molecule has 2 amide bonds. The summed E-state index contributed by atoms with van der Waals surface area (Å²) < 4.78 is 39.7. The Hall–Kier alpha value is -3.38. The van der Waals surface area contributed by atoms with E-state index in [4.69, 9.17) is 17.3 Å². The van der Waals surface area contributed by atoms with Crippen molar-refractivity contribution < 1.29 is 27.9 Å². The number of amides is 2. The fourth-order valence-electron chi connectivity index (χ4n) is 3.62. The number of nitrogen functional groups attached to an aromatic ring is 1. The van der Waals surface area contributed by atoms with Crippen molar-refractivity contribution in [3.63, 3.8) is 0 Å². The summed E-state index contributed by atoms with van der Waals surface area (Å²) in [5.74, 6) is -1.43. The number of carbonyl (C=O) groups excluding carboxylic acids is 2. The number of halogens is 4. The zero-order valence-electron chi connectivity index (χ0n) is 17.1. The van der Waals surface area contributed by atoms with Crippen LogP contribution in [0.1, 0.15) is 33.2 Å². The normalized spacial score (nSPS) is 14.6. The minimum absolute atomic E-state index is 0.00149. The van der Waals surface area contributed by atoms with Crippen LogP contribution in [0.4, 0.5) is 19.0 Å². The molecule has 0 aliphatic carbocycles. The quantitative estimate of drug-likeness (QED) is 0.512. The Morgan fingerprint density at radius 2 is 2.12 bits per heavy atom. The fraction of sp³-hybridized carbons (Fsp3) is 0.300. The third-order valence-electron chi connectivity index (χ3n) is 5.09. The predicted molar refractivity (Wildman–Crippen MR) is 113 cm³/mol. The summed E-state index contributed by atoms with van der Waals surface area (Å²) in [5.41, 5.74) is 7.19. The van der Waals surface area contributed by atoms with Gasteiger partial charge in [-0.15, -0.1) is 5.10 Å². The molecular formula is C20H18ClF3N6O3. The van der Waals surface area contributed by atoms with Gasteiger partial charge in [0.2, 0.25) is 0 Å². The zero-order valence-corrected chi connectivity index (χ0v) is 17.9. The number of rotatable bonds is 5. The lowest BCUT2D eigenvalue weighted by Gasteiger charge is -2.17. The van der Waals surface area contributed by atoms with Crippen molar-refractivity contribution in [2.24, 2.45) is 0 Å². The Morgan fingerprint density at radius 1 is 1.39 bits per heavy atom. The minimum atomic E-state index is -4.54. The van der Waals surface area contributed by atoms with Crippen molar-refractivity contribution in [1.82, 2.24) is 24.8 Å². The number of aliphatic hydroxyl groups excluding tert-OH is 1. The fourth-order valence-corrected chi connectivity index (χ4v) is 3.94. The highest BCUT2D eigenvalue weighted by Gasteiger charge is 2.38. The summed E-state index contributed by atoms with van der Waals surface area (Å²) in [4.78, 5) is 30.1. The molecule has 1 atom stereocenters. The Bertz CT molecular complexity index is 1280. The largest absolute Gasteiger partial charge is 0.406 e. The molecule has 1 aliphatic heterocycles. The van der Waals surface area contributed by atoms with Gasteiger partial charge in [-0.25, -0.2) is 9.50 Å². The number of nitrogens with two attached hydrogens (primary N) is 1. The molecule has 0 saturated carbocycles. The second-order valence-electron chi connectivity index (χ2n) is 7.67. The molecule has 0 saturated heterocycles. The standard InChI is InChI=1S/C20H18ClF3N6O3/c1-9(7-31)26-18(32)15-16(25)28-30-3-2-13(27-17(15)30)10-4-11-6-29(8-20(22,23)24)19(33)14(11)12(21)5-10/h2-5,9,31H,6-8H2,1H3,(H2,25,28)(H,26,32)/t9-/m1/s1. The van der Waals surface area contributed by atoms with E-state index in [1.165, 1.54) is 16.8 Å². The first-order valence-electron chi connectivity index (χ1n) is 9.74. The maximum Gasteiger partial charge on any atom is 0.406 e. The van der Waals surface area contributed by atoms with Crippen LogP contribution in [0.5, 0.6) is 0 Å². The summed E-state index contributed by atoms with van der Waals surface area (Å²) >= 11 is 6.25. The molecule has 4 N–H and O–H groups in total. The highest BCUT2D eigenvalue weighted by Crippen LogP contribution is 2.35. The summed E-state index contributed by atoms with van der Waals surface area (Å²) in [6.45, 7) is -0.290. The first-order chi connectivity index (χ1) is 15.5. The molecule has 0 fully saturated rings. The number of carbonyl (C=O) groups is 2. The molecule has 0 spiro atoms. The number of benzene rings is 1. The zero-order chi connectivity index (χ0) is 24.1. The van der Waals surface area contributed by atoms with Crippen LogP contribution in [0.25, 0.3) is 16.9 Å². The summed E-state index contributed by atoms with van der Waals surface area (Å²) in [7, 11) is 0. The van der Waals surface area contributed by atoms with Gasteiger partial charge < -0.3 is 21.1 Å². The molecule has 0 radical (unpaired) electrons. The Balaban J connectivity index is 1.73. The van der Waals surface area contributed by atoms with Crippen molar-refractivity contribution in [3.8, 4) is 11.3 Å². The highest BCUT2D eigenvalue weighted by molar-refractivity contribution is 6.34. The summed E-state index contributed by atoms with van der Waals surface area (Å²) in [6.07, 6.45) is -3.02. The molecule has 0 unspecified atom stereocenters. The Labute approximate surface area is 189 Å². The molecule has 2 aromatic heterocycles. The number of aliphatic hydroxyl groups is 1. The minimum Gasteiger partial charge on any atom is -0.394 e. The van der Waals surface area contributed by atoms with Crippen molar-refractivity contribution in [3.05, 3.63) is 46.1 Å². The second kappa shape index (κ2) is 8.19. The molecule has 0 bridgehead atoms. The lowest BCUT2D eigenvalue weighted by Crippen LogP contribution is -2.35. The van der Waals surface area contributed by atoms with E-state index in [2.05, 4.69) is 15.4 Å². The Kier molecular flexibility index (Phi) is 5.66. The van der Waals surface area contributed by atoms with Gasteiger partial charge >= 0.3 is 6.18 Å². The highest BCUT2D eigenvalue weighted by atomic mass is 35.5. The van der Waals surface area contributed by atoms with E-state index in [-0.39, 0.29) is 40.8 Å². The molecule has 13 heteroatoms. The van der Waals surface area contributed by atoms with Crippen LogP contribution >= 0.6 is 11.6 Å². The van der Waals surface area contributed by atoms with E-state index in [1.54, 1.807) is 19.1 Å². The number of anilines is 1. The number of nitrogens with zero attached hydrogens (tertiary/aromatic N) is 4. The third kappa shape index (κ3) is 4.31. The summed E-state index contributed by atoms with van der Waals surface area (Å²) in [5, 5.41) is 15.8. The van der Waals surface area contributed by atoms with Crippen LogP contribution in [0.15, 0.2) is 24.4 Å². The lowest BCUT2D eigenvalue weighted by molar-refractivity contribution is -0.140. The maximum atomic E-state index is 12.8. The van der Waals surface area contributed by atoms with Gasteiger partial charge in [-0.05, 0) is 30.7 Å². The predicted octanol–water partition coefficient (Wildman–Crippen LogP) is 2.26. The maximum absolute atomic E-state index is 12.8. The lowest BCUT2D eigenvalue weighted by atomic mass is 10.0. The molecular weight excluding hydrogens is 465 g/mol. The smallest absolute Gasteiger partial charge is 0.394 e. The molecule has 4 rings (SSSR count). The monoisotopic (exact) mass is 482 g/mol. The van der Waals surface area contributed by atoms with E-state index in [0.717, 1.165) is 0 Å². The van der Waals surface area contributed by atoms with E-state index in [0.29, 0.717) is 21.7 Å². The van der Waals surface area contributed by atoms with Crippen molar-refractivity contribution >= 4 is 34.9 Å². The molecule has 1 aliphatic rings. The first kappa shape index (κ1) is 22.8. The number of hydrogen-bond acceptors (Lipinski definition) is 6. The second-order valence-corrected chi connectivity index (χ2v) is 8.07. The van der Waals surface area contributed by atoms with Gasteiger partial charge in [-0.2, -0.15) is 13.2 Å². The van der Waals surface area contributed by atoms with Gasteiger partial charge in [0, 0.05) is 24.3 Å². The Morgan fingerprint density at radius 3 is 2.79 bits per heavy atom. The average Bonchev–Trinajstić information content (AvgIpc) is 3.21. The van der Waals surface area contributed by atoms with Crippen molar-refractivity contribution in [2.75, 3.05) is 18.9 Å². The van der Waals surface area contributed by atoms with E-state index >= 15 is 0 Å². The molecule has 3 aromatic rings. The average molecular weight is 483 g/mol. The van der Waals surface area contributed by atoms with Crippen LogP contribution in [0.3, 0.4) is 0 Å². The number of nitrogens with one attached hydrogen (secondary N) is 1. The molecule has 3 heterocycles.